The SMILES string of the molecule is C[C@@H](OC(=O)c1ccc2c(c1)ncn2C)c1nc2ccccc2n1C. The molecule has 4 aromatic rings. The Kier molecular flexibility index (Phi) is 3.53. The van der Waals surface area contributed by atoms with Crippen molar-refractivity contribution in [1.82, 2.24) is 19.1 Å². The number of nitrogens with zero attached hydrogens (tertiary/aromatic N) is 4. The number of aromatic nitrogens is 4. The number of rotatable bonds is 3. The summed E-state index contributed by atoms with van der Waals surface area (Å²) in [5, 5.41) is 0. The monoisotopic (exact) mass is 334 g/mol. The van der Waals surface area contributed by atoms with Gasteiger partial charge < -0.3 is 13.9 Å². The highest BCUT2D eigenvalue weighted by molar-refractivity contribution is 5.93. The summed E-state index contributed by atoms with van der Waals surface area (Å²) in [7, 11) is 3.84. The summed E-state index contributed by atoms with van der Waals surface area (Å²) in [5.41, 5.74) is 4.12. The molecule has 0 amide bonds. The van der Waals surface area contributed by atoms with Gasteiger partial charge in [-0.1, -0.05) is 12.1 Å². The molecule has 0 bridgehead atoms. The van der Waals surface area contributed by atoms with Crippen LogP contribution in [0.2, 0.25) is 0 Å². The Morgan fingerprint density at radius 3 is 2.68 bits per heavy atom. The maximum Gasteiger partial charge on any atom is 0.338 e. The summed E-state index contributed by atoms with van der Waals surface area (Å²) in [5.74, 6) is 0.334. The van der Waals surface area contributed by atoms with E-state index in [9.17, 15) is 4.79 Å². The molecule has 6 heteroatoms. The van der Waals surface area contributed by atoms with Gasteiger partial charge in [-0.2, -0.15) is 0 Å². The normalized spacial score (nSPS) is 12.6. The Bertz CT molecular complexity index is 1090. The van der Waals surface area contributed by atoms with E-state index in [4.69, 9.17) is 4.74 Å². The number of para-hydroxylation sites is 2. The van der Waals surface area contributed by atoms with Crippen LogP contribution in [0.5, 0.6) is 0 Å². The molecule has 6 nitrogen and oxygen atoms in total. The van der Waals surface area contributed by atoms with Gasteiger partial charge in [-0.05, 0) is 37.3 Å². The summed E-state index contributed by atoms with van der Waals surface area (Å²) >= 11 is 0. The zero-order chi connectivity index (χ0) is 17.6. The van der Waals surface area contributed by atoms with Crippen LogP contribution in [0.3, 0.4) is 0 Å². The minimum absolute atomic E-state index is 0.382. The first-order valence-corrected chi connectivity index (χ1v) is 8.08. The lowest BCUT2D eigenvalue weighted by molar-refractivity contribution is 0.0315. The Balaban J connectivity index is 1.61. The van der Waals surface area contributed by atoms with Crippen LogP contribution in [0.1, 0.15) is 29.2 Å². The third-order valence-electron chi connectivity index (χ3n) is 4.43. The van der Waals surface area contributed by atoms with Gasteiger partial charge in [0.05, 0.1) is 34.0 Å². The van der Waals surface area contributed by atoms with Crippen LogP contribution in [0, 0.1) is 0 Å². The van der Waals surface area contributed by atoms with Crippen molar-refractivity contribution in [2.45, 2.75) is 13.0 Å². The molecule has 0 aliphatic carbocycles. The topological polar surface area (TPSA) is 61.9 Å². The molecule has 0 saturated heterocycles. The molecule has 2 aromatic heterocycles. The standard InChI is InChI=1S/C19H18N4O2/c1-12(18-21-14-6-4-5-7-17(14)23(18)3)25-19(24)13-8-9-16-15(10-13)20-11-22(16)2/h4-12H,1-3H3/t12-/m1/s1. The van der Waals surface area contributed by atoms with Crippen molar-refractivity contribution in [3.05, 3.63) is 60.2 Å². The van der Waals surface area contributed by atoms with Crippen LogP contribution in [-0.2, 0) is 18.8 Å². The second-order valence-corrected chi connectivity index (χ2v) is 6.12. The highest BCUT2D eigenvalue weighted by atomic mass is 16.5. The van der Waals surface area contributed by atoms with E-state index in [2.05, 4.69) is 9.97 Å². The van der Waals surface area contributed by atoms with E-state index in [1.54, 1.807) is 18.5 Å². The van der Waals surface area contributed by atoms with Gasteiger partial charge in [0.15, 0.2) is 11.9 Å². The summed E-state index contributed by atoms with van der Waals surface area (Å²) in [6.45, 7) is 1.83. The molecule has 25 heavy (non-hydrogen) atoms. The number of esters is 1. The van der Waals surface area contributed by atoms with E-state index in [0.29, 0.717) is 11.4 Å². The minimum Gasteiger partial charge on any atom is -0.451 e. The van der Waals surface area contributed by atoms with Crippen LogP contribution in [0.4, 0.5) is 0 Å². The van der Waals surface area contributed by atoms with E-state index in [1.165, 1.54) is 0 Å². The highest BCUT2D eigenvalue weighted by Gasteiger charge is 2.19. The maximum atomic E-state index is 12.5. The number of imidazole rings is 2. The first-order valence-electron chi connectivity index (χ1n) is 8.08. The fourth-order valence-electron chi connectivity index (χ4n) is 3.07. The minimum atomic E-state index is -0.454. The van der Waals surface area contributed by atoms with Crippen LogP contribution >= 0.6 is 0 Å². The van der Waals surface area contributed by atoms with Gasteiger partial charge in [0.1, 0.15) is 0 Å². The van der Waals surface area contributed by atoms with Crippen LogP contribution in [0.15, 0.2) is 48.8 Å². The lowest BCUT2D eigenvalue weighted by Gasteiger charge is -2.13. The lowest BCUT2D eigenvalue weighted by Crippen LogP contribution is -2.12. The molecule has 4 rings (SSSR count). The van der Waals surface area contributed by atoms with E-state index >= 15 is 0 Å². The number of benzene rings is 2. The molecule has 126 valence electrons. The Labute approximate surface area is 144 Å². The average molecular weight is 334 g/mol. The Morgan fingerprint density at radius 1 is 1.08 bits per heavy atom. The van der Waals surface area contributed by atoms with E-state index < -0.39 is 6.10 Å². The van der Waals surface area contributed by atoms with E-state index in [1.807, 2.05) is 60.5 Å². The van der Waals surface area contributed by atoms with Crippen molar-refractivity contribution in [2.75, 3.05) is 0 Å². The smallest absolute Gasteiger partial charge is 0.338 e. The number of hydrogen-bond acceptors (Lipinski definition) is 4. The fourth-order valence-corrected chi connectivity index (χ4v) is 3.07. The number of hydrogen-bond donors (Lipinski definition) is 0. The first-order chi connectivity index (χ1) is 12.0. The molecule has 0 radical (unpaired) electrons. The molecular formula is C19H18N4O2. The number of carbonyl (C=O) groups excluding carboxylic acids is 1. The van der Waals surface area contributed by atoms with Crippen molar-refractivity contribution in [3.63, 3.8) is 0 Å². The molecule has 0 unspecified atom stereocenters. The summed E-state index contributed by atoms with van der Waals surface area (Å²) < 4.78 is 9.49. The third kappa shape index (κ3) is 2.55. The third-order valence-corrected chi connectivity index (χ3v) is 4.43. The van der Waals surface area contributed by atoms with Gasteiger partial charge in [0.25, 0.3) is 0 Å². The van der Waals surface area contributed by atoms with E-state index in [0.717, 1.165) is 22.1 Å². The van der Waals surface area contributed by atoms with Crippen molar-refractivity contribution in [3.8, 4) is 0 Å². The molecule has 2 heterocycles. The van der Waals surface area contributed by atoms with Crippen LogP contribution in [0.25, 0.3) is 22.1 Å². The second-order valence-electron chi connectivity index (χ2n) is 6.12. The van der Waals surface area contributed by atoms with Crippen LogP contribution in [-0.4, -0.2) is 25.1 Å². The van der Waals surface area contributed by atoms with Crippen molar-refractivity contribution in [2.24, 2.45) is 14.1 Å². The van der Waals surface area contributed by atoms with Gasteiger partial charge in [0, 0.05) is 14.1 Å². The largest absolute Gasteiger partial charge is 0.451 e. The zero-order valence-electron chi connectivity index (χ0n) is 14.3. The number of fused-ring (bicyclic) bond motifs is 2. The predicted octanol–water partition coefficient (Wildman–Crippen LogP) is 3.38. The summed E-state index contributed by atoms with van der Waals surface area (Å²) in [6, 6.07) is 13.2. The summed E-state index contributed by atoms with van der Waals surface area (Å²) in [4.78, 5) is 21.4. The zero-order valence-corrected chi connectivity index (χ0v) is 14.3. The van der Waals surface area contributed by atoms with Gasteiger partial charge in [-0.25, -0.2) is 14.8 Å². The first kappa shape index (κ1) is 15.4. The number of aryl methyl sites for hydroxylation is 2. The fraction of sp³-hybridized carbons (Fsp3) is 0.211. The Morgan fingerprint density at radius 2 is 1.88 bits per heavy atom. The van der Waals surface area contributed by atoms with Gasteiger partial charge in [0.2, 0.25) is 0 Å². The van der Waals surface area contributed by atoms with Gasteiger partial charge >= 0.3 is 5.97 Å². The molecular weight excluding hydrogens is 316 g/mol. The molecule has 1 atom stereocenters. The van der Waals surface area contributed by atoms with Crippen molar-refractivity contribution >= 4 is 28.0 Å². The second kappa shape index (κ2) is 5.73. The maximum absolute atomic E-state index is 12.5. The number of ether oxygens (including phenoxy) is 1. The highest BCUT2D eigenvalue weighted by Crippen LogP contribution is 2.23. The molecule has 2 aromatic carbocycles. The summed E-state index contributed by atoms with van der Waals surface area (Å²) in [6.07, 6.45) is 1.27. The van der Waals surface area contributed by atoms with Crippen molar-refractivity contribution in [1.29, 1.82) is 0 Å². The molecule has 0 spiro atoms. The molecule has 0 fully saturated rings. The molecule has 0 aliphatic heterocycles. The molecule has 0 aliphatic rings. The average Bonchev–Trinajstić information content (AvgIpc) is 3.15. The predicted molar refractivity (Wildman–Crippen MR) is 95.3 cm³/mol. The van der Waals surface area contributed by atoms with E-state index in [-0.39, 0.29) is 5.97 Å². The Hall–Kier alpha value is -3.15. The van der Waals surface area contributed by atoms with Gasteiger partial charge in [-0.3, -0.25) is 0 Å². The van der Waals surface area contributed by atoms with Gasteiger partial charge in [-0.15, -0.1) is 0 Å². The lowest BCUT2D eigenvalue weighted by atomic mass is 10.2. The van der Waals surface area contributed by atoms with Crippen molar-refractivity contribution < 1.29 is 9.53 Å². The number of carbonyl (C=O) groups is 1. The molecule has 0 saturated carbocycles. The quantitative estimate of drug-likeness (QED) is 0.539. The molecule has 0 N–H and O–H groups in total. The van der Waals surface area contributed by atoms with Crippen LogP contribution < -0.4 is 0 Å².